The average Bonchev–Trinajstić information content (AvgIpc) is 3.00. The third-order valence-corrected chi connectivity index (χ3v) is 7.01. The first kappa shape index (κ1) is 21.3. The van der Waals surface area contributed by atoms with E-state index in [4.69, 9.17) is 9.72 Å². The maximum absolute atomic E-state index is 13.4. The van der Waals surface area contributed by atoms with Crippen molar-refractivity contribution in [3.63, 3.8) is 0 Å². The van der Waals surface area contributed by atoms with Crippen LogP contribution in [0, 0.1) is 11.8 Å². The number of aromatic nitrogens is 2. The predicted molar refractivity (Wildman–Crippen MR) is 116 cm³/mol. The number of rotatable bonds is 8. The predicted octanol–water partition coefficient (Wildman–Crippen LogP) is 3.09. The van der Waals surface area contributed by atoms with Crippen LogP contribution in [0.5, 0.6) is 0 Å². The van der Waals surface area contributed by atoms with Gasteiger partial charge in [-0.3, -0.25) is 14.2 Å². The monoisotopic (exact) mass is 423 g/mol. The lowest BCUT2D eigenvalue weighted by Gasteiger charge is -2.18. The van der Waals surface area contributed by atoms with E-state index >= 15 is 0 Å². The Morgan fingerprint density at radius 3 is 2.96 bits per heavy atom. The third kappa shape index (κ3) is 4.78. The minimum atomic E-state index is -0.0770. The second-order valence-corrected chi connectivity index (χ2v) is 9.89. The molecule has 0 aromatic carbocycles. The Hall–Kier alpha value is -1.38. The number of ether oxygens (including phenoxy) is 1. The van der Waals surface area contributed by atoms with Crippen LogP contribution in [0.15, 0.2) is 9.95 Å². The Labute approximate surface area is 174 Å². The number of hydrogen-bond acceptors (Lipinski definition) is 6. The highest BCUT2D eigenvalue weighted by Crippen LogP contribution is 2.36. The highest BCUT2D eigenvalue weighted by atomic mass is 32.2. The molecule has 0 spiro atoms. The topological polar surface area (TPSA) is 73.2 Å². The summed E-state index contributed by atoms with van der Waals surface area (Å²) < 4.78 is 6.72. The molecule has 1 atom stereocenters. The van der Waals surface area contributed by atoms with Crippen LogP contribution in [0.4, 0.5) is 0 Å². The molecule has 0 bridgehead atoms. The molecule has 1 aliphatic rings. The molecule has 1 aliphatic carbocycles. The number of hydrogen-bond donors (Lipinski definition) is 1. The van der Waals surface area contributed by atoms with Gasteiger partial charge in [0.2, 0.25) is 5.91 Å². The first-order valence-corrected chi connectivity index (χ1v) is 11.6. The van der Waals surface area contributed by atoms with Crippen molar-refractivity contribution < 1.29 is 9.53 Å². The second kappa shape index (κ2) is 9.41. The molecule has 0 radical (unpaired) electrons. The van der Waals surface area contributed by atoms with Gasteiger partial charge < -0.3 is 10.1 Å². The van der Waals surface area contributed by atoms with E-state index in [1.807, 2.05) is 0 Å². The molecule has 0 saturated heterocycles. The standard InChI is InChI=1S/C20H29N3O3S2/c1-12(2)10-23-19(25)17-14-6-5-13(3)9-15(14)28-18(17)22-20(23)27-11-16(24)21-7-8-26-4/h12-13H,5-11H2,1-4H3,(H,21,24)/t13-/m1/s1. The Morgan fingerprint density at radius 2 is 2.25 bits per heavy atom. The third-order valence-electron chi connectivity index (χ3n) is 4.89. The van der Waals surface area contributed by atoms with E-state index in [-0.39, 0.29) is 17.2 Å². The fraction of sp³-hybridized carbons (Fsp3) is 0.650. The first-order valence-electron chi connectivity index (χ1n) is 9.84. The first-order chi connectivity index (χ1) is 13.4. The van der Waals surface area contributed by atoms with Crippen LogP contribution in [0.3, 0.4) is 0 Å². The van der Waals surface area contributed by atoms with Crippen molar-refractivity contribution in [2.75, 3.05) is 26.0 Å². The minimum Gasteiger partial charge on any atom is -0.383 e. The Morgan fingerprint density at radius 1 is 1.46 bits per heavy atom. The summed E-state index contributed by atoms with van der Waals surface area (Å²) in [6.07, 6.45) is 3.12. The van der Waals surface area contributed by atoms with Crippen molar-refractivity contribution in [3.05, 3.63) is 20.8 Å². The fourth-order valence-corrected chi connectivity index (χ4v) is 5.78. The molecule has 0 saturated carbocycles. The highest BCUT2D eigenvalue weighted by molar-refractivity contribution is 7.99. The maximum atomic E-state index is 13.4. The number of nitrogens with zero attached hydrogens (tertiary/aromatic N) is 2. The smallest absolute Gasteiger partial charge is 0.263 e. The highest BCUT2D eigenvalue weighted by Gasteiger charge is 2.25. The normalized spacial score (nSPS) is 16.5. The Balaban J connectivity index is 1.92. The van der Waals surface area contributed by atoms with Gasteiger partial charge in [0.25, 0.3) is 5.56 Å². The van der Waals surface area contributed by atoms with Crippen LogP contribution >= 0.6 is 23.1 Å². The number of fused-ring (bicyclic) bond motifs is 3. The lowest BCUT2D eigenvalue weighted by atomic mass is 9.89. The Kier molecular flexibility index (Phi) is 7.17. The van der Waals surface area contributed by atoms with E-state index in [2.05, 4.69) is 26.1 Å². The molecule has 0 unspecified atom stereocenters. The molecule has 154 valence electrons. The summed E-state index contributed by atoms with van der Waals surface area (Å²) in [5.74, 6) is 1.14. The van der Waals surface area contributed by atoms with Gasteiger partial charge in [-0.2, -0.15) is 0 Å². The van der Waals surface area contributed by atoms with Gasteiger partial charge >= 0.3 is 0 Å². The summed E-state index contributed by atoms with van der Waals surface area (Å²) in [7, 11) is 1.60. The van der Waals surface area contributed by atoms with Crippen molar-refractivity contribution in [2.24, 2.45) is 11.8 Å². The van der Waals surface area contributed by atoms with Gasteiger partial charge in [0, 0.05) is 25.1 Å². The SMILES string of the molecule is COCCNC(=O)CSc1nc2sc3c(c2c(=O)n1CC(C)C)CC[C@@H](C)C3. The maximum Gasteiger partial charge on any atom is 0.263 e. The van der Waals surface area contributed by atoms with Crippen LogP contribution in [-0.4, -0.2) is 41.5 Å². The van der Waals surface area contributed by atoms with Gasteiger partial charge in [0.15, 0.2) is 5.16 Å². The van der Waals surface area contributed by atoms with E-state index in [0.717, 1.165) is 29.5 Å². The number of carbonyl (C=O) groups is 1. The van der Waals surface area contributed by atoms with Crippen molar-refractivity contribution in [3.8, 4) is 0 Å². The quantitative estimate of drug-likeness (QED) is 0.401. The summed E-state index contributed by atoms with van der Waals surface area (Å²) >= 11 is 2.99. The summed E-state index contributed by atoms with van der Waals surface area (Å²) in [5.41, 5.74) is 1.26. The molecule has 2 aromatic heterocycles. The van der Waals surface area contributed by atoms with Crippen molar-refractivity contribution in [1.29, 1.82) is 0 Å². The lowest BCUT2D eigenvalue weighted by molar-refractivity contribution is -0.118. The van der Waals surface area contributed by atoms with Crippen LogP contribution in [0.2, 0.25) is 0 Å². The molecule has 6 nitrogen and oxygen atoms in total. The van der Waals surface area contributed by atoms with Gasteiger partial charge in [-0.15, -0.1) is 11.3 Å². The number of thiophene rings is 1. The summed E-state index contributed by atoms with van der Waals surface area (Å²) in [6, 6.07) is 0. The molecule has 1 N–H and O–H groups in total. The Bertz CT molecular complexity index is 904. The molecule has 8 heteroatoms. The molecule has 1 amide bonds. The zero-order chi connectivity index (χ0) is 20.3. The number of amides is 1. The molecule has 0 fully saturated rings. The number of thioether (sulfide) groups is 1. The van der Waals surface area contributed by atoms with Crippen LogP contribution in [0.1, 0.15) is 37.6 Å². The molecule has 0 aliphatic heterocycles. The molecular formula is C20H29N3O3S2. The second-order valence-electron chi connectivity index (χ2n) is 7.87. The van der Waals surface area contributed by atoms with E-state index in [1.165, 1.54) is 22.2 Å². The van der Waals surface area contributed by atoms with Crippen LogP contribution < -0.4 is 10.9 Å². The van der Waals surface area contributed by atoms with Crippen LogP contribution in [0.25, 0.3) is 10.2 Å². The van der Waals surface area contributed by atoms with E-state index in [0.29, 0.717) is 36.7 Å². The minimum absolute atomic E-state index is 0.0491. The van der Waals surface area contributed by atoms with Crippen molar-refractivity contribution in [2.45, 2.75) is 51.7 Å². The fourth-order valence-electron chi connectivity index (χ4n) is 3.51. The molecular weight excluding hydrogens is 394 g/mol. The molecule has 2 aromatic rings. The number of methoxy groups -OCH3 is 1. The number of aryl methyl sites for hydroxylation is 1. The average molecular weight is 424 g/mol. The number of nitrogens with one attached hydrogen (secondary N) is 1. The number of carbonyl (C=O) groups excluding carboxylic acids is 1. The molecule has 28 heavy (non-hydrogen) atoms. The van der Waals surface area contributed by atoms with E-state index in [1.54, 1.807) is 23.0 Å². The van der Waals surface area contributed by atoms with Gasteiger partial charge in [-0.05, 0) is 36.7 Å². The van der Waals surface area contributed by atoms with Crippen LogP contribution in [-0.2, 0) is 28.9 Å². The van der Waals surface area contributed by atoms with Crippen molar-refractivity contribution in [1.82, 2.24) is 14.9 Å². The molecule has 3 rings (SSSR count). The zero-order valence-electron chi connectivity index (χ0n) is 17.0. The largest absolute Gasteiger partial charge is 0.383 e. The van der Waals surface area contributed by atoms with Gasteiger partial charge in [-0.1, -0.05) is 32.5 Å². The summed E-state index contributed by atoms with van der Waals surface area (Å²) in [4.78, 5) is 32.4. The van der Waals surface area contributed by atoms with Gasteiger partial charge in [-0.25, -0.2) is 4.98 Å². The molecule has 2 heterocycles. The van der Waals surface area contributed by atoms with Gasteiger partial charge in [0.1, 0.15) is 4.83 Å². The summed E-state index contributed by atoms with van der Waals surface area (Å²) in [5, 5.41) is 4.26. The summed E-state index contributed by atoms with van der Waals surface area (Å²) in [6.45, 7) is 8.02. The van der Waals surface area contributed by atoms with E-state index in [9.17, 15) is 9.59 Å². The lowest BCUT2D eigenvalue weighted by Crippen LogP contribution is -2.30. The van der Waals surface area contributed by atoms with Crippen molar-refractivity contribution >= 4 is 39.2 Å². The zero-order valence-corrected chi connectivity index (χ0v) is 18.7. The van der Waals surface area contributed by atoms with Gasteiger partial charge in [0.05, 0.1) is 17.7 Å². The van der Waals surface area contributed by atoms with E-state index < -0.39 is 0 Å².